The van der Waals surface area contributed by atoms with E-state index in [2.05, 4.69) is 25.0 Å². The summed E-state index contributed by atoms with van der Waals surface area (Å²) in [6.07, 6.45) is 5.22. The molecule has 0 N–H and O–H groups in total. The number of amides is 1. The van der Waals surface area contributed by atoms with Crippen LogP contribution in [0.15, 0.2) is 42.6 Å². The highest BCUT2D eigenvalue weighted by Gasteiger charge is 2.26. The zero-order chi connectivity index (χ0) is 21.9. The van der Waals surface area contributed by atoms with E-state index in [1.807, 2.05) is 48.2 Å². The van der Waals surface area contributed by atoms with E-state index >= 15 is 0 Å². The normalized spacial score (nSPS) is 17.0. The van der Waals surface area contributed by atoms with Crippen LogP contribution in [-0.2, 0) is 0 Å². The fourth-order valence-electron chi connectivity index (χ4n) is 4.28. The molecule has 2 fully saturated rings. The Bertz CT molecular complexity index is 1070. The number of benzene rings is 1. The molecule has 2 saturated heterocycles. The summed E-state index contributed by atoms with van der Waals surface area (Å²) < 4.78 is 0. The number of anilines is 2. The molecule has 32 heavy (non-hydrogen) atoms. The molecule has 9 heteroatoms. The molecule has 0 bridgehead atoms. The average Bonchev–Trinajstić information content (AvgIpc) is 3.35. The van der Waals surface area contributed by atoms with Crippen molar-refractivity contribution in [3.05, 3.63) is 54.0 Å². The van der Waals surface area contributed by atoms with Gasteiger partial charge in [-0.2, -0.15) is 14.9 Å². The van der Waals surface area contributed by atoms with Crippen LogP contribution < -0.4 is 9.80 Å². The first-order chi connectivity index (χ1) is 15.7. The van der Waals surface area contributed by atoms with E-state index in [4.69, 9.17) is 4.98 Å². The zero-order valence-electron chi connectivity index (χ0n) is 18.4. The molecule has 1 amide bonds. The molecule has 0 saturated carbocycles. The lowest BCUT2D eigenvalue weighted by molar-refractivity contribution is 0.0740. The summed E-state index contributed by atoms with van der Waals surface area (Å²) in [6, 6.07) is 11.6. The number of carbonyl (C=O) groups excluding carboxylic acids is 1. The van der Waals surface area contributed by atoms with Crippen LogP contribution in [-0.4, -0.2) is 75.0 Å². The molecular weight excluding hydrogens is 404 g/mol. The second-order valence-corrected chi connectivity index (χ2v) is 8.35. The first-order valence-electron chi connectivity index (χ1n) is 11.3. The van der Waals surface area contributed by atoms with Crippen LogP contribution in [0.3, 0.4) is 0 Å². The fourth-order valence-corrected chi connectivity index (χ4v) is 4.28. The van der Waals surface area contributed by atoms with E-state index in [1.165, 1.54) is 24.1 Å². The molecule has 4 heterocycles. The SMILES string of the molecule is Cc1cc(N2CCN(C(=O)c3cnn(-c4ccccc4)n3)CC2)nc(N2CCCCC2)n1. The van der Waals surface area contributed by atoms with Crippen LogP contribution in [0.4, 0.5) is 11.8 Å². The van der Waals surface area contributed by atoms with E-state index in [0.29, 0.717) is 18.8 Å². The van der Waals surface area contributed by atoms with E-state index in [0.717, 1.165) is 49.3 Å². The number of carbonyl (C=O) groups is 1. The van der Waals surface area contributed by atoms with Crippen LogP contribution in [0.1, 0.15) is 35.4 Å². The van der Waals surface area contributed by atoms with Crippen molar-refractivity contribution in [2.24, 2.45) is 0 Å². The van der Waals surface area contributed by atoms with Gasteiger partial charge in [-0.1, -0.05) is 18.2 Å². The van der Waals surface area contributed by atoms with Gasteiger partial charge in [-0.15, -0.1) is 5.10 Å². The summed E-state index contributed by atoms with van der Waals surface area (Å²) in [4.78, 5) is 30.4. The average molecular weight is 433 g/mol. The van der Waals surface area contributed by atoms with Crippen molar-refractivity contribution in [3.8, 4) is 5.69 Å². The highest BCUT2D eigenvalue weighted by atomic mass is 16.2. The molecule has 2 aliphatic heterocycles. The van der Waals surface area contributed by atoms with Gasteiger partial charge in [0.25, 0.3) is 5.91 Å². The minimum atomic E-state index is -0.0836. The number of para-hydroxylation sites is 1. The predicted molar refractivity (Wildman–Crippen MR) is 122 cm³/mol. The molecule has 3 aromatic rings. The minimum Gasteiger partial charge on any atom is -0.353 e. The lowest BCUT2D eigenvalue weighted by Crippen LogP contribution is -2.49. The smallest absolute Gasteiger partial charge is 0.276 e. The van der Waals surface area contributed by atoms with Gasteiger partial charge in [0.1, 0.15) is 5.82 Å². The highest BCUT2D eigenvalue weighted by Crippen LogP contribution is 2.22. The third-order valence-electron chi connectivity index (χ3n) is 6.06. The molecule has 9 nitrogen and oxygen atoms in total. The van der Waals surface area contributed by atoms with Crippen molar-refractivity contribution in [1.29, 1.82) is 0 Å². The molecule has 0 radical (unpaired) electrons. The van der Waals surface area contributed by atoms with Gasteiger partial charge < -0.3 is 14.7 Å². The molecule has 2 aromatic heterocycles. The second kappa shape index (κ2) is 8.94. The van der Waals surface area contributed by atoms with Gasteiger partial charge in [0, 0.05) is 51.0 Å². The first kappa shape index (κ1) is 20.4. The number of rotatable bonds is 4. The standard InChI is InChI=1S/C23H28N8O/c1-18-16-21(26-23(25-18)30-10-6-3-7-11-30)28-12-14-29(15-13-28)22(32)20-17-24-31(27-20)19-8-4-2-5-9-19/h2,4-5,8-9,16-17H,3,6-7,10-15H2,1H3. The maximum Gasteiger partial charge on any atom is 0.276 e. The van der Waals surface area contributed by atoms with Crippen LogP contribution in [0.5, 0.6) is 0 Å². The Balaban J connectivity index is 1.24. The molecule has 166 valence electrons. The van der Waals surface area contributed by atoms with E-state index in [-0.39, 0.29) is 5.91 Å². The van der Waals surface area contributed by atoms with E-state index < -0.39 is 0 Å². The van der Waals surface area contributed by atoms with Crippen LogP contribution >= 0.6 is 0 Å². The lowest BCUT2D eigenvalue weighted by atomic mass is 10.1. The van der Waals surface area contributed by atoms with Gasteiger partial charge in [0.2, 0.25) is 5.95 Å². The number of nitrogens with zero attached hydrogens (tertiary/aromatic N) is 8. The van der Waals surface area contributed by atoms with Gasteiger partial charge in [-0.25, -0.2) is 4.98 Å². The zero-order valence-corrected chi connectivity index (χ0v) is 18.4. The number of piperidine rings is 1. The summed E-state index contributed by atoms with van der Waals surface area (Å²) in [5, 5.41) is 8.64. The Hall–Kier alpha value is -3.49. The van der Waals surface area contributed by atoms with Gasteiger partial charge in [-0.05, 0) is 38.3 Å². The Morgan fingerprint density at radius 2 is 1.62 bits per heavy atom. The molecule has 0 unspecified atom stereocenters. The van der Waals surface area contributed by atoms with Gasteiger partial charge in [0.05, 0.1) is 11.9 Å². The van der Waals surface area contributed by atoms with Crippen LogP contribution in [0.25, 0.3) is 5.69 Å². The molecule has 0 atom stereocenters. The summed E-state index contributed by atoms with van der Waals surface area (Å²) >= 11 is 0. The molecule has 5 rings (SSSR count). The quantitative estimate of drug-likeness (QED) is 0.626. The number of aryl methyl sites for hydroxylation is 1. The second-order valence-electron chi connectivity index (χ2n) is 8.35. The third kappa shape index (κ3) is 4.28. The third-order valence-corrected chi connectivity index (χ3v) is 6.06. The topological polar surface area (TPSA) is 83.3 Å². The Morgan fingerprint density at radius 1 is 0.875 bits per heavy atom. The van der Waals surface area contributed by atoms with Crippen LogP contribution in [0.2, 0.25) is 0 Å². The van der Waals surface area contributed by atoms with Crippen molar-refractivity contribution < 1.29 is 4.79 Å². The van der Waals surface area contributed by atoms with Crippen molar-refractivity contribution in [2.45, 2.75) is 26.2 Å². The monoisotopic (exact) mass is 432 g/mol. The largest absolute Gasteiger partial charge is 0.353 e. The minimum absolute atomic E-state index is 0.0836. The van der Waals surface area contributed by atoms with Gasteiger partial charge in [0.15, 0.2) is 5.69 Å². The Kier molecular flexibility index (Phi) is 5.70. The summed E-state index contributed by atoms with van der Waals surface area (Å²) in [5.41, 5.74) is 2.18. The number of piperazine rings is 1. The highest BCUT2D eigenvalue weighted by molar-refractivity contribution is 5.92. The number of hydrogen-bond donors (Lipinski definition) is 0. The number of aromatic nitrogens is 5. The summed E-state index contributed by atoms with van der Waals surface area (Å²) in [6.45, 7) is 6.78. The van der Waals surface area contributed by atoms with Gasteiger partial charge >= 0.3 is 0 Å². The van der Waals surface area contributed by atoms with Crippen LogP contribution in [0, 0.1) is 6.92 Å². The van der Waals surface area contributed by atoms with E-state index in [9.17, 15) is 4.79 Å². The molecule has 1 aromatic carbocycles. The van der Waals surface area contributed by atoms with Gasteiger partial charge in [-0.3, -0.25) is 4.79 Å². The number of hydrogen-bond acceptors (Lipinski definition) is 7. The molecule has 2 aliphatic rings. The van der Waals surface area contributed by atoms with Crippen molar-refractivity contribution in [2.75, 3.05) is 49.1 Å². The Labute approximate surface area is 187 Å². The van der Waals surface area contributed by atoms with Crippen molar-refractivity contribution in [1.82, 2.24) is 29.9 Å². The first-order valence-corrected chi connectivity index (χ1v) is 11.3. The molecule has 0 spiro atoms. The maximum atomic E-state index is 13.0. The summed E-state index contributed by atoms with van der Waals surface area (Å²) in [7, 11) is 0. The molecular formula is C23H28N8O. The summed E-state index contributed by atoms with van der Waals surface area (Å²) in [5.74, 6) is 1.69. The fraction of sp³-hybridized carbons (Fsp3) is 0.435. The van der Waals surface area contributed by atoms with E-state index in [1.54, 1.807) is 6.20 Å². The van der Waals surface area contributed by atoms with Crippen molar-refractivity contribution >= 4 is 17.7 Å². The molecule has 0 aliphatic carbocycles. The lowest BCUT2D eigenvalue weighted by Gasteiger charge is -2.35. The maximum absolute atomic E-state index is 13.0. The predicted octanol–water partition coefficient (Wildman–Crippen LogP) is 2.32. The Morgan fingerprint density at radius 3 is 2.38 bits per heavy atom. The van der Waals surface area contributed by atoms with Crippen molar-refractivity contribution in [3.63, 3.8) is 0 Å².